The largest absolute Gasteiger partial charge is 0.383 e. The second-order valence-electron chi connectivity index (χ2n) is 2.27. The lowest BCUT2D eigenvalue weighted by atomic mass is 10.3. The van der Waals surface area contributed by atoms with Crippen molar-refractivity contribution in [1.29, 1.82) is 0 Å². The Bertz CT molecular complexity index is 370. The smallest absolute Gasteiger partial charge is 0.133 e. The number of aromatic nitrogens is 2. The number of nitrogens with two attached hydrogens (primary N) is 1. The molecule has 0 spiro atoms. The van der Waals surface area contributed by atoms with E-state index in [1.807, 2.05) is 17.5 Å². The molecule has 0 bridgehead atoms. The van der Waals surface area contributed by atoms with Crippen molar-refractivity contribution < 1.29 is 0 Å². The van der Waals surface area contributed by atoms with E-state index < -0.39 is 0 Å². The molecule has 12 heavy (non-hydrogen) atoms. The van der Waals surface area contributed by atoms with Crippen molar-refractivity contribution in [2.45, 2.75) is 0 Å². The van der Waals surface area contributed by atoms with Crippen LogP contribution < -0.4 is 5.73 Å². The molecule has 0 radical (unpaired) electrons. The van der Waals surface area contributed by atoms with E-state index in [9.17, 15) is 0 Å². The minimum Gasteiger partial charge on any atom is -0.383 e. The minimum absolute atomic E-state index is 0.535. The molecule has 4 heteroatoms. The van der Waals surface area contributed by atoms with Crippen LogP contribution in [0, 0.1) is 0 Å². The van der Waals surface area contributed by atoms with E-state index in [0.717, 1.165) is 10.6 Å². The van der Waals surface area contributed by atoms with E-state index in [1.54, 1.807) is 23.7 Å². The number of nitrogens with zero attached hydrogens (tertiary/aromatic N) is 2. The van der Waals surface area contributed by atoms with Crippen LogP contribution in [-0.4, -0.2) is 9.97 Å². The first kappa shape index (κ1) is 7.24. The molecule has 0 amide bonds. The Kier molecular flexibility index (Phi) is 1.75. The second-order valence-corrected chi connectivity index (χ2v) is 3.17. The molecule has 0 aliphatic carbocycles. The summed E-state index contributed by atoms with van der Waals surface area (Å²) in [7, 11) is 0. The Hall–Kier alpha value is -1.42. The van der Waals surface area contributed by atoms with Crippen molar-refractivity contribution in [1.82, 2.24) is 9.97 Å². The zero-order valence-electron chi connectivity index (χ0n) is 6.27. The fraction of sp³-hybridized carbons (Fsp3) is 0. The Labute approximate surface area is 73.9 Å². The summed E-state index contributed by atoms with van der Waals surface area (Å²) in [6.45, 7) is 0. The summed E-state index contributed by atoms with van der Waals surface area (Å²) >= 11 is 1.56. The SMILES string of the molecule is Nc1ncccc1-c1nccs1. The fourth-order valence-electron chi connectivity index (χ4n) is 0.955. The van der Waals surface area contributed by atoms with E-state index in [1.165, 1.54) is 0 Å². The van der Waals surface area contributed by atoms with Gasteiger partial charge in [-0.2, -0.15) is 0 Å². The normalized spacial score (nSPS) is 10.0. The van der Waals surface area contributed by atoms with E-state index in [2.05, 4.69) is 9.97 Å². The minimum atomic E-state index is 0.535. The van der Waals surface area contributed by atoms with Crippen LogP contribution in [0.25, 0.3) is 10.6 Å². The van der Waals surface area contributed by atoms with Gasteiger partial charge in [-0.05, 0) is 12.1 Å². The van der Waals surface area contributed by atoms with Crippen LogP contribution >= 0.6 is 11.3 Å². The Balaban J connectivity index is 2.55. The highest BCUT2D eigenvalue weighted by atomic mass is 32.1. The van der Waals surface area contributed by atoms with E-state index >= 15 is 0 Å². The highest BCUT2D eigenvalue weighted by Gasteiger charge is 2.03. The average molecular weight is 177 g/mol. The zero-order chi connectivity index (χ0) is 8.39. The molecule has 2 aromatic heterocycles. The Morgan fingerprint density at radius 3 is 2.83 bits per heavy atom. The monoisotopic (exact) mass is 177 g/mol. The molecule has 0 aliphatic rings. The summed E-state index contributed by atoms with van der Waals surface area (Å²) < 4.78 is 0. The predicted octanol–water partition coefficient (Wildman–Crippen LogP) is 1.79. The number of hydrogen-bond acceptors (Lipinski definition) is 4. The topological polar surface area (TPSA) is 51.8 Å². The maximum atomic E-state index is 5.67. The molecule has 0 saturated carbocycles. The summed E-state index contributed by atoms with van der Waals surface area (Å²) in [5, 5.41) is 2.84. The molecule has 0 fully saturated rings. The summed E-state index contributed by atoms with van der Waals surface area (Å²) in [4.78, 5) is 8.13. The molecule has 0 unspecified atom stereocenters. The van der Waals surface area contributed by atoms with Gasteiger partial charge in [0.05, 0.1) is 5.56 Å². The third kappa shape index (κ3) is 1.16. The number of nitrogen functional groups attached to an aromatic ring is 1. The van der Waals surface area contributed by atoms with Crippen molar-refractivity contribution in [2.75, 3.05) is 5.73 Å². The predicted molar refractivity (Wildman–Crippen MR) is 49.8 cm³/mol. The van der Waals surface area contributed by atoms with Crippen LogP contribution in [0.2, 0.25) is 0 Å². The first-order chi connectivity index (χ1) is 5.88. The highest BCUT2D eigenvalue weighted by Crippen LogP contribution is 2.24. The number of anilines is 1. The van der Waals surface area contributed by atoms with Gasteiger partial charge < -0.3 is 5.73 Å². The first-order valence-corrected chi connectivity index (χ1v) is 4.36. The molecular formula is C8H7N3S. The second kappa shape index (κ2) is 2.91. The molecule has 3 nitrogen and oxygen atoms in total. The number of hydrogen-bond donors (Lipinski definition) is 1. The molecule has 0 atom stereocenters. The summed E-state index contributed by atoms with van der Waals surface area (Å²) in [6, 6.07) is 3.77. The number of rotatable bonds is 1. The third-order valence-electron chi connectivity index (χ3n) is 1.50. The lowest BCUT2D eigenvalue weighted by Crippen LogP contribution is -1.92. The van der Waals surface area contributed by atoms with E-state index in [0.29, 0.717) is 5.82 Å². The Morgan fingerprint density at radius 1 is 1.25 bits per heavy atom. The first-order valence-electron chi connectivity index (χ1n) is 3.48. The summed E-state index contributed by atoms with van der Waals surface area (Å²) in [6.07, 6.45) is 3.43. The molecule has 2 aromatic rings. The van der Waals surface area contributed by atoms with Crippen molar-refractivity contribution in [3.05, 3.63) is 29.9 Å². The van der Waals surface area contributed by atoms with Crippen LogP contribution in [0.3, 0.4) is 0 Å². The molecule has 2 N–H and O–H groups in total. The van der Waals surface area contributed by atoms with Crippen molar-refractivity contribution in [2.24, 2.45) is 0 Å². The van der Waals surface area contributed by atoms with Crippen LogP contribution in [-0.2, 0) is 0 Å². The van der Waals surface area contributed by atoms with Crippen LogP contribution in [0.5, 0.6) is 0 Å². The highest BCUT2D eigenvalue weighted by molar-refractivity contribution is 7.13. The fourth-order valence-corrected chi connectivity index (χ4v) is 1.63. The lowest BCUT2D eigenvalue weighted by molar-refractivity contribution is 1.32. The van der Waals surface area contributed by atoms with Gasteiger partial charge in [0.1, 0.15) is 10.8 Å². The van der Waals surface area contributed by atoms with Crippen molar-refractivity contribution in [3.8, 4) is 10.6 Å². The third-order valence-corrected chi connectivity index (χ3v) is 2.31. The van der Waals surface area contributed by atoms with Crippen molar-refractivity contribution in [3.63, 3.8) is 0 Å². The average Bonchev–Trinajstić information content (AvgIpc) is 2.57. The molecular weight excluding hydrogens is 170 g/mol. The van der Waals surface area contributed by atoms with Gasteiger partial charge in [0.2, 0.25) is 0 Å². The lowest BCUT2D eigenvalue weighted by Gasteiger charge is -1.98. The van der Waals surface area contributed by atoms with Gasteiger partial charge in [-0.25, -0.2) is 9.97 Å². The molecule has 2 heterocycles. The molecule has 0 saturated heterocycles. The van der Waals surface area contributed by atoms with Crippen LogP contribution in [0.4, 0.5) is 5.82 Å². The van der Waals surface area contributed by atoms with Gasteiger partial charge in [0.25, 0.3) is 0 Å². The molecule has 60 valence electrons. The quantitative estimate of drug-likeness (QED) is 0.722. The van der Waals surface area contributed by atoms with Gasteiger partial charge in [-0.3, -0.25) is 0 Å². The van der Waals surface area contributed by atoms with Crippen LogP contribution in [0.1, 0.15) is 0 Å². The molecule has 0 aromatic carbocycles. The standard InChI is InChI=1S/C8H7N3S/c9-7-6(2-1-3-10-7)8-11-4-5-12-8/h1-5H,(H2,9,10). The number of pyridine rings is 1. The van der Waals surface area contributed by atoms with Crippen molar-refractivity contribution >= 4 is 17.2 Å². The number of thiazole rings is 1. The van der Waals surface area contributed by atoms with E-state index in [4.69, 9.17) is 5.73 Å². The maximum absolute atomic E-state index is 5.67. The summed E-state index contributed by atoms with van der Waals surface area (Å²) in [5.41, 5.74) is 6.58. The van der Waals surface area contributed by atoms with Gasteiger partial charge in [-0.1, -0.05) is 0 Å². The van der Waals surface area contributed by atoms with Gasteiger partial charge in [0.15, 0.2) is 0 Å². The van der Waals surface area contributed by atoms with Gasteiger partial charge in [0, 0.05) is 17.8 Å². The van der Waals surface area contributed by atoms with Gasteiger partial charge in [-0.15, -0.1) is 11.3 Å². The Morgan fingerprint density at radius 2 is 2.17 bits per heavy atom. The van der Waals surface area contributed by atoms with Crippen LogP contribution in [0.15, 0.2) is 29.9 Å². The van der Waals surface area contributed by atoms with E-state index in [-0.39, 0.29) is 0 Å². The van der Waals surface area contributed by atoms with Gasteiger partial charge >= 0.3 is 0 Å². The molecule has 2 rings (SSSR count). The summed E-state index contributed by atoms with van der Waals surface area (Å²) in [5.74, 6) is 0.535. The zero-order valence-corrected chi connectivity index (χ0v) is 7.08. The maximum Gasteiger partial charge on any atom is 0.133 e. The molecule has 0 aliphatic heterocycles.